The van der Waals surface area contributed by atoms with E-state index in [1.165, 1.54) is 0 Å². The predicted molar refractivity (Wildman–Crippen MR) is 65.5 cm³/mol. The van der Waals surface area contributed by atoms with Crippen LogP contribution in [0.2, 0.25) is 0 Å². The first-order valence-corrected chi connectivity index (χ1v) is 5.26. The minimum absolute atomic E-state index is 0.413. The molecule has 0 saturated heterocycles. The molecule has 0 unspecified atom stereocenters. The second-order valence-corrected chi connectivity index (χ2v) is 3.82. The van der Waals surface area contributed by atoms with Crippen molar-refractivity contribution in [1.82, 2.24) is 9.78 Å². The first-order valence-electron chi connectivity index (χ1n) is 5.26. The van der Waals surface area contributed by atoms with E-state index in [-0.39, 0.29) is 0 Å². The molecule has 0 aliphatic rings. The number of benzene rings is 1. The maximum atomic E-state index is 10.9. The average Bonchev–Trinajstić information content (AvgIpc) is 2.73. The van der Waals surface area contributed by atoms with E-state index >= 15 is 0 Å². The number of anilines is 1. The molecule has 0 fully saturated rings. The molecule has 2 rings (SSSR count). The standard InChI is InChI=1S/C12H14N4O/c1-16-8-9(7-15-16)6-14-11-4-2-10(3-5-11)12(13)17/h2-5,7-8,14H,6H2,1H3,(H2,13,17). The van der Waals surface area contributed by atoms with Crippen molar-refractivity contribution in [2.24, 2.45) is 12.8 Å². The number of rotatable bonds is 4. The first kappa shape index (κ1) is 11.2. The molecule has 3 N–H and O–H groups in total. The van der Waals surface area contributed by atoms with Crippen molar-refractivity contribution < 1.29 is 4.79 Å². The Bertz CT molecular complexity index is 516. The number of primary amides is 1. The van der Waals surface area contributed by atoms with Gasteiger partial charge in [-0.05, 0) is 24.3 Å². The van der Waals surface area contributed by atoms with Crippen LogP contribution >= 0.6 is 0 Å². The van der Waals surface area contributed by atoms with Gasteiger partial charge < -0.3 is 11.1 Å². The van der Waals surface area contributed by atoms with Crippen LogP contribution in [-0.2, 0) is 13.6 Å². The third-order valence-electron chi connectivity index (χ3n) is 2.42. The number of nitrogens with zero attached hydrogens (tertiary/aromatic N) is 2. The van der Waals surface area contributed by atoms with Gasteiger partial charge in [-0.1, -0.05) is 0 Å². The Morgan fingerprint density at radius 3 is 2.65 bits per heavy atom. The van der Waals surface area contributed by atoms with Gasteiger partial charge in [-0.2, -0.15) is 5.10 Å². The number of nitrogens with one attached hydrogen (secondary N) is 1. The van der Waals surface area contributed by atoms with Gasteiger partial charge in [0.1, 0.15) is 0 Å². The predicted octanol–water partition coefficient (Wildman–Crippen LogP) is 1.13. The summed E-state index contributed by atoms with van der Waals surface area (Å²) in [5.74, 6) is -0.413. The van der Waals surface area contributed by atoms with Crippen molar-refractivity contribution in [1.29, 1.82) is 0 Å². The van der Waals surface area contributed by atoms with Gasteiger partial charge in [0.25, 0.3) is 0 Å². The van der Waals surface area contributed by atoms with E-state index in [0.717, 1.165) is 11.3 Å². The molecule has 0 aliphatic carbocycles. The van der Waals surface area contributed by atoms with E-state index in [2.05, 4.69) is 10.4 Å². The molecule has 1 aromatic carbocycles. The molecule has 0 saturated carbocycles. The van der Waals surface area contributed by atoms with Crippen LogP contribution in [0, 0.1) is 0 Å². The lowest BCUT2D eigenvalue weighted by molar-refractivity contribution is 0.100. The summed E-state index contributed by atoms with van der Waals surface area (Å²) in [6, 6.07) is 7.06. The van der Waals surface area contributed by atoms with Crippen LogP contribution in [0.15, 0.2) is 36.7 Å². The van der Waals surface area contributed by atoms with Gasteiger partial charge in [-0.25, -0.2) is 0 Å². The van der Waals surface area contributed by atoms with E-state index in [1.807, 2.05) is 31.6 Å². The Balaban J connectivity index is 1.97. The van der Waals surface area contributed by atoms with Crippen LogP contribution in [0.1, 0.15) is 15.9 Å². The van der Waals surface area contributed by atoms with Crippen molar-refractivity contribution in [2.45, 2.75) is 6.54 Å². The van der Waals surface area contributed by atoms with E-state index in [1.54, 1.807) is 16.8 Å². The van der Waals surface area contributed by atoms with Crippen molar-refractivity contribution in [2.75, 3.05) is 5.32 Å². The quantitative estimate of drug-likeness (QED) is 0.827. The van der Waals surface area contributed by atoms with Crippen LogP contribution in [0.25, 0.3) is 0 Å². The Hall–Kier alpha value is -2.30. The fraction of sp³-hybridized carbons (Fsp3) is 0.167. The van der Waals surface area contributed by atoms with Gasteiger partial charge in [0.2, 0.25) is 5.91 Å². The molecule has 0 aliphatic heterocycles. The summed E-state index contributed by atoms with van der Waals surface area (Å²) in [7, 11) is 1.88. The third-order valence-corrected chi connectivity index (χ3v) is 2.42. The van der Waals surface area contributed by atoms with E-state index < -0.39 is 5.91 Å². The van der Waals surface area contributed by atoms with Crippen LogP contribution in [0.4, 0.5) is 5.69 Å². The average molecular weight is 230 g/mol. The molecule has 88 valence electrons. The minimum Gasteiger partial charge on any atom is -0.381 e. The van der Waals surface area contributed by atoms with Crippen molar-refractivity contribution in [3.8, 4) is 0 Å². The highest BCUT2D eigenvalue weighted by Crippen LogP contribution is 2.10. The molecular weight excluding hydrogens is 216 g/mol. The smallest absolute Gasteiger partial charge is 0.248 e. The number of amides is 1. The minimum atomic E-state index is -0.413. The number of hydrogen-bond acceptors (Lipinski definition) is 3. The lowest BCUT2D eigenvalue weighted by Gasteiger charge is -2.04. The molecule has 1 heterocycles. The summed E-state index contributed by atoms with van der Waals surface area (Å²) >= 11 is 0. The maximum absolute atomic E-state index is 10.9. The molecular formula is C12H14N4O. The second kappa shape index (κ2) is 4.69. The normalized spacial score (nSPS) is 10.2. The highest BCUT2D eigenvalue weighted by molar-refractivity contribution is 5.93. The van der Waals surface area contributed by atoms with Crippen LogP contribution in [0.5, 0.6) is 0 Å². The molecule has 0 radical (unpaired) electrons. The van der Waals surface area contributed by atoms with Gasteiger partial charge in [0, 0.05) is 36.6 Å². The van der Waals surface area contributed by atoms with Crippen molar-refractivity contribution >= 4 is 11.6 Å². The third kappa shape index (κ3) is 2.84. The maximum Gasteiger partial charge on any atom is 0.248 e. The monoisotopic (exact) mass is 230 g/mol. The van der Waals surface area contributed by atoms with E-state index in [0.29, 0.717) is 12.1 Å². The highest BCUT2D eigenvalue weighted by Gasteiger charge is 2.00. The topological polar surface area (TPSA) is 72.9 Å². The van der Waals surface area contributed by atoms with Crippen LogP contribution in [0.3, 0.4) is 0 Å². The number of carbonyl (C=O) groups excluding carboxylic acids is 1. The molecule has 0 spiro atoms. The molecule has 5 heteroatoms. The largest absolute Gasteiger partial charge is 0.381 e. The number of carbonyl (C=O) groups is 1. The van der Waals surface area contributed by atoms with Crippen LogP contribution < -0.4 is 11.1 Å². The number of aryl methyl sites for hydroxylation is 1. The summed E-state index contributed by atoms with van der Waals surface area (Å²) in [6.45, 7) is 0.698. The SMILES string of the molecule is Cn1cc(CNc2ccc(C(N)=O)cc2)cn1. The summed E-state index contributed by atoms with van der Waals surface area (Å²) < 4.78 is 1.76. The molecule has 2 aromatic rings. The summed E-state index contributed by atoms with van der Waals surface area (Å²) in [6.07, 6.45) is 3.76. The van der Waals surface area contributed by atoms with E-state index in [9.17, 15) is 4.79 Å². The first-order chi connectivity index (χ1) is 8.15. The molecule has 1 aromatic heterocycles. The Morgan fingerprint density at radius 2 is 2.12 bits per heavy atom. The zero-order valence-electron chi connectivity index (χ0n) is 9.55. The van der Waals surface area contributed by atoms with Gasteiger partial charge >= 0.3 is 0 Å². The Morgan fingerprint density at radius 1 is 1.41 bits per heavy atom. The van der Waals surface area contributed by atoms with Gasteiger partial charge in [-0.3, -0.25) is 9.48 Å². The van der Waals surface area contributed by atoms with Gasteiger partial charge in [0.15, 0.2) is 0 Å². The summed E-state index contributed by atoms with van der Waals surface area (Å²) in [4.78, 5) is 10.9. The zero-order valence-corrected chi connectivity index (χ0v) is 9.55. The molecule has 5 nitrogen and oxygen atoms in total. The Kier molecular flexibility index (Phi) is 3.09. The number of aromatic nitrogens is 2. The lowest BCUT2D eigenvalue weighted by atomic mass is 10.2. The number of nitrogens with two attached hydrogens (primary N) is 1. The van der Waals surface area contributed by atoms with E-state index in [4.69, 9.17) is 5.73 Å². The highest BCUT2D eigenvalue weighted by atomic mass is 16.1. The summed E-state index contributed by atoms with van der Waals surface area (Å²) in [5.41, 5.74) is 7.72. The fourth-order valence-electron chi connectivity index (χ4n) is 1.52. The zero-order chi connectivity index (χ0) is 12.3. The van der Waals surface area contributed by atoms with Crippen molar-refractivity contribution in [3.05, 3.63) is 47.8 Å². The molecule has 1 amide bonds. The summed E-state index contributed by atoms with van der Waals surface area (Å²) in [5, 5.41) is 7.32. The fourth-order valence-corrected chi connectivity index (χ4v) is 1.52. The molecule has 17 heavy (non-hydrogen) atoms. The second-order valence-electron chi connectivity index (χ2n) is 3.82. The van der Waals surface area contributed by atoms with Gasteiger partial charge in [-0.15, -0.1) is 0 Å². The van der Waals surface area contributed by atoms with Gasteiger partial charge in [0.05, 0.1) is 6.20 Å². The molecule has 0 bridgehead atoms. The van der Waals surface area contributed by atoms with Crippen molar-refractivity contribution in [3.63, 3.8) is 0 Å². The number of hydrogen-bond donors (Lipinski definition) is 2. The van der Waals surface area contributed by atoms with Crippen LogP contribution in [-0.4, -0.2) is 15.7 Å². The Labute approximate surface area is 99.2 Å². The molecule has 0 atom stereocenters. The lowest BCUT2D eigenvalue weighted by Crippen LogP contribution is -2.10.